The Morgan fingerprint density at radius 2 is 2.43 bits per heavy atom. The molecule has 0 amide bonds. The summed E-state index contributed by atoms with van der Waals surface area (Å²) in [6.07, 6.45) is 2.55. The van der Waals surface area contributed by atoms with Crippen LogP contribution in [0.15, 0.2) is 18.5 Å². The van der Waals surface area contributed by atoms with Crippen LogP contribution in [0.25, 0.3) is 5.65 Å². The van der Waals surface area contributed by atoms with E-state index in [1.165, 1.54) is 23.0 Å². The summed E-state index contributed by atoms with van der Waals surface area (Å²) in [5.41, 5.74) is 0.418. The molecule has 14 heavy (non-hydrogen) atoms. The van der Waals surface area contributed by atoms with Crippen LogP contribution in [-0.2, 0) is 0 Å². The zero-order valence-electron chi connectivity index (χ0n) is 6.88. The van der Waals surface area contributed by atoms with E-state index in [9.17, 15) is 4.79 Å². The fraction of sp³-hybridized carbons (Fsp3) is 0. The molecule has 6 heteroatoms. The SMILES string of the molecule is N#Cc1ccnc2c(C(=O)O)cnn12. The quantitative estimate of drug-likeness (QED) is 0.694. The summed E-state index contributed by atoms with van der Waals surface area (Å²) >= 11 is 0. The maximum atomic E-state index is 10.7. The Hall–Kier alpha value is -2.42. The first-order valence-electron chi connectivity index (χ1n) is 3.70. The molecule has 0 saturated carbocycles. The summed E-state index contributed by atoms with van der Waals surface area (Å²) in [4.78, 5) is 14.5. The molecule has 0 atom stereocenters. The average molecular weight is 188 g/mol. The molecule has 0 bridgehead atoms. The molecule has 1 N–H and O–H groups in total. The highest BCUT2D eigenvalue weighted by Crippen LogP contribution is 2.08. The molecule has 0 fully saturated rings. The van der Waals surface area contributed by atoms with E-state index in [0.29, 0.717) is 0 Å². The standard InChI is InChI=1S/C8H4N4O2/c9-3-5-1-2-10-7-6(8(13)14)4-11-12(5)7/h1-2,4H,(H,13,14). The number of carbonyl (C=O) groups is 1. The molecule has 2 heterocycles. The number of nitrogens with zero attached hydrogens (tertiary/aromatic N) is 4. The van der Waals surface area contributed by atoms with Gasteiger partial charge in [-0.3, -0.25) is 0 Å². The molecule has 68 valence electrons. The first kappa shape index (κ1) is 8.19. The van der Waals surface area contributed by atoms with Crippen molar-refractivity contribution >= 4 is 11.6 Å². The van der Waals surface area contributed by atoms with Crippen LogP contribution in [-0.4, -0.2) is 25.7 Å². The lowest BCUT2D eigenvalue weighted by molar-refractivity contribution is 0.0699. The number of hydrogen-bond acceptors (Lipinski definition) is 4. The summed E-state index contributed by atoms with van der Waals surface area (Å²) in [5, 5.41) is 21.2. The predicted molar refractivity (Wildman–Crippen MR) is 44.7 cm³/mol. The predicted octanol–water partition coefficient (Wildman–Crippen LogP) is 0.299. The molecule has 2 aromatic heterocycles. The second-order valence-corrected chi connectivity index (χ2v) is 2.54. The third-order valence-corrected chi connectivity index (χ3v) is 1.75. The summed E-state index contributed by atoms with van der Waals surface area (Å²) in [6, 6.07) is 3.35. The van der Waals surface area contributed by atoms with Gasteiger partial charge in [-0.1, -0.05) is 0 Å². The topological polar surface area (TPSA) is 91.3 Å². The minimum Gasteiger partial charge on any atom is -0.477 e. The van der Waals surface area contributed by atoms with Crippen molar-refractivity contribution in [2.45, 2.75) is 0 Å². The first-order valence-corrected chi connectivity index (χ1v) is 3.70. The summed E-state index contributed by atoms with van der Waals surface area (Å²) in [7, 11) is 0. The van der Waals surface area contributed by atoms with Gasteiger partial charge in [0.25, 0.3) is 0 Å². The van der Waals surface area contributed by atoms with Crippen LogP contribution in [0.4, 0.5) is 0 Å². The smallest absolute Gasteiger partial charge is 0.341 e. The molecule has 2 rings (SSSR count). The fourth-order valence-corrected chi connectivity index (χ4v) is 1.13. The van der Waals surface area contributed by atoms with Gasteiger partial charge in [-0.25, -0.2) is 14.3 Å². The van der Waals surface area contributed by atoms with Crippen molar-refractivity contribution in [3.63, 3.8) is 0 Å². The van der Waals surface area contributed by atoms with Crippen LogP contribution >= 0.6 is 0 Å². The molecule has 0 unspecified atom stereocenters. The molecule has 0 aromatic carbocycles. The van der Waals surface area contributed by atoms with E-state index < -0.39 is 5.97 Å². The third-order valence-electron chi connectivity index (χ3n) is 1.75. The van der Waals surface area contributed by atoms with Crippen molar-refractivity contribution in [1.29, 1.82) is 5.26 Å². The fourth-order valence-electron chi connectivity index (χ4n) is 1.13. The van der Waals surface area contributed by atoms with Crippen molar-refractivity contribution in [3.8, 4) is 6.07 Å². The zero-order chi connectivity index (χ0) is 10.1. The summed E-state index contributed by atoms with van der Waals surface area (Å²) in [5.74, 6) is -1.11. The van der Waals surface area contributed by atoms with Crippen LogP contribution in [0, 0.1) is 11.3 Å². The Morgan fingerprint density at radius 1 is 1.64 bits per heavy atom. The van der Waals surface area contributed by atoms with Crippen LogP contribution in [0.3, 0.4) is 0 Å². The largest absolute Gasteiger partial charge is 0.477 e. The van der Waals surface area contributed by atoms with E-state index in [0.717, 1.165) is 0 Å². The molecule has 2 aromatic rings. The number of aromatic nitrogens is 3. The van der Waals surface area contributed by atoms with Gasteiger partial charge in [0.15, 0.2) is 5.65 Å². The monoisotopic (exact) mass is 188 g/mol. The van der Waals surface area contributed by atoms with Crippen LogP contribution in [0.1, 0.15) is 16.1 Å². The molecule has 0 aliphatic carbocycles. The second kappa shape index (κ2) is 2.81. The van der Waals surface area contributed by atoms with Crippen molar-refractivity contribution in [2.75, 3.05) is 0 Å². The van der Waals surface area contributed by atoms with Crippen LogP contribution in [0.5, 0.6) is 0 Å². The van der Waals surface area contributed by atoms with E-state index in [4.69, 9.17) is 10.4 Å². The van der Waals surface area contributed by atoms with Crippen molar-refractivity contribution in [1.82, 2.24) is 14.6 Å². The van der Waals surface area contributed by atoms with E-state index in [1.54, 1.807) is 0 Å². The summed E-state index contributed by atoms with van der Waals surface area (Å²) in [6.45, 7) is 0. The van der Waals surface area contributed by atoms with Gasteiger partial charge in [0.05, 0.1) is 6.20 Å². The zero-order valence-corrected chi connectivity index (χ0v) is 6.88. The van der Waals surface area contributed by atoms with Crippen molar-refractivity contribution < 1.29 is 9.90 Å². The Morgan fingerprint density at radius 3 is 3.07 bits per heavy atom. The lowest BCUT2D eigenvalue weighted by Gasteiger charge is -1.94. The Labute approximate surface area is 78.0 Å². The van der Waals surface area contributed by atoms with E-state index in [-0.39, 0.29) is 16.9 Å². The number of hydrogen-bond donors (Lipinski definition) is 1. The molecular formula is C8H4N4O2. The molecule has 0 radical (unpaired) electrons. The normalized spacial score (nSPS) is 9.93. The Balaban J connectivity index is 2.84. The van der Waals surface area contributed by atoms with E-state index >= 15 is 0 Å². The number of nitriles is 1. The number of carboxylic acid groups (broad SMARTS) is 1. The van der Waals surface area contributed by atoms with Gasteiger partial charge in [0, 0.05) is 6.20 Å². The lowest BCUT2D eigenvalue weighted by Crippen LogP contribution is -1.99. The highest BCUT2D eigenvalue weighted by molar-refractivity contribution is 5.94. The average Bonchev–Trinajstić information content (AvgIpc) is 2.60. The van der Waals surface area contributed by atoms with Crippen LogP contribution in [0.2, 0.25) is 0 Å². The lowest BCUT2D eigenvalue weighted by atomic mass is 10.3. The van der Waals surface area contributed by atoms with Gasteiger partial charge < -0.3 is 5.11 Å². The van der Waals surface area contributed by atoms with E-state index in [2.05, 4.69) is 10.1 Å². The Bertz CT molecular complexity index is 552. The summed E-state index contributed by atoms with van der Waals surface area (Å²) < 4.78 is 1.20. The molecular weight excluding hydrogens is 184 g/mol. The molecule has 0 saturated heterocycles. The molecule has 6 nitrogen and oxygen atoms in total. The first-order chi connectivity index (χ1) is 6.74. The van der Waals surface area contributed by atoms with Gasteiger partial charge in [-0.2, -0.15) is 10.4 Å². The van der Waals surface area contributed by atoms with Crippen molar-refractivity contribution in [2.24, 2.45) is 0 Å². The van der Waals surface area contributed by atoms with E-state index in [1.807, 2.05) is 6.07 Å². The molecule has 0 aliphatic heterocycles. The number of carboxylic acids is 1. The molecule has 0 aliphatic rings. The number of fused-ring (bicyclic) bond motifs is 1. The maximum Gasteiger partial charge on any atom is 0.341 e. The maximum absolute atomic E-state index is 10.7. The third kappa shape index (κ3) is 0.998. The van der Waals surface area contributed by atoms with Gasteiger partial charge in [-0.15, -0.1) is 0 Å². The van der Waals surface area contributed by atoms with Crippen molar-refractivity contribution in [3.05, 3.63) is 29.7 Å². The second-order valence-electron chi connectivity index (χ2n) is 2.54. The van der Waals surface area contributed by atoms with Gasteiger partial charge in [0.2, 0.25) is 0 Å². The number of rotatable bonds is 1. The van der Waals surface area contributed by atoms with Crippen LogP contribution < -0.4 is 0 Å². The molecule has 0 spiro atoms. The minimum atomic E-state index is -1.11. The number of aromatic carboxylic acids is 1. The van der Waals surface area contributed by atoms with Gasteiger partial charge >= 0.3 is 5.97 Å². The van der Waals surface area contributed by atoms with Gasteiger partial charge in [-0.05, 0) is 6.07 Å². The highest BCUT2D eigenvalue weighted by Gasteiger charge is 2.13. The van der Waals surface area contributed by atoms with Gasteiger partial charge in [0.1, 0.15) is 17.3 Å². The Kier molecular flexibility index (Phi) is 1.65. The highest BCUT2D eigenvalue weighted by atomic mass is 16.4. The minimum absolute atomic E-state index is 0.0119.